The average Bonchev–Trinajstić information content (AvgIpc) is 2.00. The molecule has 0 fully saturated rings. The fraction of sp³-hybridized carbons (Fsp3) is 1.00. The van der Waals surface area contributed by atoms with Gasteiger partial charge in [0.25, 0.3) is 0 Å². The van der Waals surface area contributed by atoms with Crippen LogP contribution in [-0.2, 0) is 0 Å². The molecule has 0 radical (unpaired) electrons. The summed E-state index contributed by atoms with van der Waals surface area (Å²) in [6, 6.07) is 4.00. The van der Waals surface area contributed by atoms with E-state index in [1.165, 1.54) is 18.1 Å². The second-order valence-corrected chi connectivity index (χ2v) is 9.26. The van der Waals surface area contributed by atoms with Crippen LogP contribution in [0.4, 0.5) is 0 Å². The number of hydrogen-bond acceptors (Lipinski definition) is 2. The zero-order chi connectivity index (χ0) is 8.91. The highest BCUT2D eigenvalue weighted by atomic mass is 28.3. The van der Waals surface area contributed by atoms with Crippen LogP contribution in [0.25, 0.3) is 0 Å². The Morgan fingerprint density at radius 1 is 1.18 bits per heavy atom. The van der Waals surface area contributed by atoms with E-state index < -0.39 is 8.07 Å². The maximum absolute atomic E-state index is 5.51. The van der Waals surface area contributed by atoms with Crippen molar-refractivity contribution in [2.24, 2.45) is 11.5 Å². The minimum atomic E-state index is -0.920. The molecule has 11 heavy (non-hydrogen) atoms. The lowest BCUT2D eigenvalue weighted by Gasteiger charge is -2.24. The highest BCUT2D eigenvalue weighted by Gasteiger charge is 2.21. The number of hydrogen-bond donors (Lipinski definition) is 2. The molecule has 0 bridgehead atoms. The minimum absolute atomic E-state index is 0.0973. The molecule has 0 amide bonds. The Bertz CT molecular complexity index is 100. The molecule has 0 saturated carbocycles. The van der Waals surface area contributed by atoms with Crippen molar-refractivity contribution in [2.75, 3.05) is 0 Å². The molecule has 4 N–H and O–H groups in total. The lowest BCUT2D eigenvalue weighted by atomic mass is 10.4. The van der Waals surface area contributed by atoms with Crippen LogP contribution in [0.15, 0.2) is 0 Å². The molecule has 2 nitrogen and oxygen atoms in total. The van der Waals surface area contributed by atoms with E-state index in [2.05, 4.69) is 20.4 Å². The van der Waals surface area contributed by atoms with E-state index in [1.807, 2.05) is 0 Å². The SMILES string of the molecule is CC[Si](C)(CC)CCC(N)N. The molecule has 0 aromatic heterocycles. The molecule has 3 heteroatoms. The van der Waals surface area contributed by atoms with Gasteiger partial charge in [-0.05, 0) is 6.42 Å². The van der Waals surface area contributed by atoms with Crippen LogP contribution in [0.5, 0.6) is 0 Å². The van der Waals surface area contributed by atoms with Crippen LogP contribution in [-0.4, -0.2) is 14.2 Å². The second-order valence-electron chi connectivity index (χ2n) is 3.72. The van der Waals surface area contributed by atoms with Gasteiger partial charge in [0.05, 0.1) is 6.17 Å². The fourth-order valence-electron chi connectivity index (χ4n) is 1.12. The van der Waals surface area contributed by atoms with E-state index in [1.54, 1.807) is 0 Å². The van der Waals surface area contributed by atoms with Gasteiger partial charge in [-0.25, -0.2) is 0 Å². The Labute approximate surface area is 71.4 Å². The van der Waals surface area contributed by atoms with Crippen molar-refractivity contribution in [3.8, 4) is 0 Å². The molecule has 0 aromatic carbocycles. The van der Waals surface area contributed by atoms with E-state index in [4.69, 9.17) is 11.5 Å². The third-order valence-electron chi connectivity index (χ3n) is 2.79. The van der Waals surface area contributed by atoms with Gasteiger partial charge in [-0.15, -0.1) is 0 Å². The second kappa shape index (κ2) is 4.90. The summed E-state index contributed by atoms with van der Waals surface area (Å²) >= 11 is 0. The van der Waals surface area contributed by atoms with E-state index in [0.29, 0.717) is 0 Å². The van der Waals surface area contributed by atoms with Crippen LogP contribution in [0.2, 0.25) is 24.7 Å². The molecule has 0 aromatic rings. The molecule has 0 aliphatic heterocycles. The zero-order valence-corrected chi connectivity index (χ0v) is 9.06. The average molecular weight is 174 g/mol. The molecule has 0 heterocycles. The molecule has 0 saturated heterocycles. The summed E-state index contributed by atoms with van der Waals surface area (Å²) in [5.41, 5.74) is 11.0. The predicted octanol–water partition coefficient (Wildman–Crippen LogP) is 1.74. The minimum Gasteiger partial charge on any atom is -0.316 e. The largest absolute Gasteiger partial charge is 0.316 e. The van der Waals surface area contributed by atoms with Gasteiger partial charge in [0, 0.05) is 8.07 Å². The molecule has 0 spiro atoms. The van der Waals surface area contributed by atoms with Gasteiger partial charge in [-0.2, -0.15) is 0 Å². The third kappa shape index (κ3) is 4.56. The first-order chi connectivity index (χ1) is 5.04. The Morgan fingerprint density at radius 3 is 1.91 bits per heavy atom. The quantitative estimate of drug-likeness (QED) is 0.493. The van der Waals surface area contributed by atoms with Gasteiger partial charge in [0.1, 0.15) is 0 Å². The molecular weight excluding hydrogens is 152 g/mol. The van der Waals surface area contributed by atoms with Crippen LogP contribution < -0.4 is 11.5 Å². The van der Waals surface area contributed by atoms with Crippen molar-refractivity contribution in [3.63, 3.8) is 0 Å². The van der Waals surface area contributed by atoms with Crippen LogP contribution in [0.1, 0.15) is 20.3 Å². The van der Waals surface area contributed by atoms with Crippen molar-refractivity contribution in [3.05, 3.63) is 0 Å². The lowest BCUT2D eigenvalue weighted by Crippen LogP contribution is -2.35. The van der Waals surface area contributed by atoms with E-state index in [9.17, 15) is 0 Å². The standard InChI is InChI=1S/C8H22N2Si/c1-4-11(3,5-2)7-6-8(9)10/h8H,4-7,9-10H2,1-3H3. The van der Waals surface area contributed by atoms with Crippen molar-refractivity contribution >= 4 is 8.07 Å². The first-order valence-corrected chi connectivity index (χ1v) is 7.67. The fourth-order valence-corrected chi connectivity index (χ4v) is 3.36. The summed E-state index contributed by atoms with van der Waals surface area (Å²) in [7, 11) is -0.920. The van der Waals surface area contributed by atoms with Crippen molar-refractivity contribution in [1.82, 2.24) is 0 Å². The van der Waals surface area contributed by atoms with Crippen LogP contribution >= 0.6 is 0 Å². The molecule has 0 rings (SSSR count). The topological polar surface area (TPSA) is 52.0 Å². The van der Waals surface area contributed by atoms with Gasteiger partial charge < -0.3 is 11.5 Å². The van der Waals surface area contributed by atoms with Crippen LogP contribution in [0, 0.1) is 0 Å². The summed E-state index contributed by atoms with van der Waals surface area (Å²) in [5, 5.41) is 0. The first-order valence-electron chi connectivity index (χ1n) is 4.55. The maximum atomic E-state index is 5.51. The van der Waals surface area contributed by atoms with Gasteiger partial charge in [0.15, 0.2) is 0 Å². The Hall–Kier alpha value is 0.137. The monoisotopic (exact) mass is 174 g/mol. The van der Waals surface area contributed by atoms with Crippen molar-refractivity contribution < 1.29 is 0 Å². The van der Waals surface area contributed by atoms with E-state index in [-0.39, 0.29) is 6.17 Å². The molecule has 68 valence electrons. The molecular formula is C8H22N2Si. The van der Waals surface area contributed by atoms with E-state index in [0.717, 1.165) is 6.42 Å². The Morgan fingerprint density at radius 2 is 1.64 bits per heavy atom. The van der Waals surface area contributed by atoms with Crippen molar-refractivity contribution in [2.45, 2.75) is 51.1 Å². The van der Waals surface area contributed by atoms with Gasteiger partial charge in [-0.1, -0.05) is 38.5 Å². The summed E-state index contributed by atoms with van der Waals surface area (Å²) in [6.45, 7) is 7.02. The first kappa shape index (κ1) is 11.1. The molecule has 0 aliphatic rings. The smallest absolute Gasteiger partial charge is 0.0518 e. The van der Waals surface area contributed by atoms with Gasteiger partial charge in [-0.3, -0.25) is 0 Å². The summed E-state index contributed by atoms with van der Waals surface area (Å²) in [6.07, 6.45) is 0.907. The van der Waals surface area contributed by atoms with Crippen molar-refractivity contribution in [1.29, 1.82) is 0 Å². The molecule has 0 unspecified atom stereocenters. The summed E-state index contributed by atoms with van der Waals surface area (Å²) < 4.78 is 0. The third-order valence-corrected chi connectivity index (χ3v) is 7.70. The molecule has 0 aliphatic carbocycles. The zero-order valence-electron chi connectivity index (χ0n) is 8.06. The number of nitrogens with two attached hydrogens (primary N) is 2. The normalized spacial score (nSPS) is 12.5. The van der Waals surface area contributed by atoms with Gasteiger partial charge in [0.2, 0.25) is 0 Å². The van der Waals surface area contributed by atoms with Crippen LogP contribution in [0.3, 0.4) is 0 Å². The molecule has 0 atom stereocenters. The summed E-state index contributed by atoms with van der Waals surface area (Å²) in [4.78, 5) is 0. The highest BCUT2D eigenvalue weighted by Crippen LogP contribution is 2.21. The maximum Gasteiger partial charge on any atom is 0.0518 e. The summed E-state index contributed by atoms with van der Waals surface area (Å²) in [5.74, 6) is 0. The Kier molecular flexibility index (Phi) is 4.96. The lowest BCUT2D eigenvalue weighted by molar-refractivity contribution is 0.673. The van der Waals surface area contributed by atoms with E-state index >= 15 is 0 Å². The van der Waals surface area contributed by atoms with Gasteiger partial charge >= 0.3 is 0 Å². The predicted molar refractivity (Wildman–Crippen MR) is 54.2 cm³/mol. The Balaban J connectivity index is 3.69. The highest BCUT2D eigenvalue weighted by molar-refractivity contribution is 6.78. The number of rotatable bonds is 5.